The number of fused-ring (bicyclic) bond motifs is 1. The average Bonchev–Trinajstić information content (AvgIpc) is 3.17. The number of rotatable bonds is 7. The van der Waals surface area contributed by atoms with Gasteiger partial charge in [0, 0.05) is 50.6 Å². The predicted octanol–water partition coefficient (Wildman–Crippen LogP) is 3.56. The second kappa shape index (κ2) is 8.45. The molecule has 0 unspecified atom stereocenters. The molecule has 1 aliphatic heterocycles. The fraction of sp³-hybridized carbons (Fsp3) is 0.560. The summed E-state index contributed by atoms with van der Waals surface area (Å²) < 4.78 is 10.5. The minimum atomic E-state index is 0.223. The molecule has 3 heterocycles. The van der Waals surface area contributed by atoms with Crippen LogP contribution in [0.1, 0.15) is 37.3 Å². The van der Waals surface area contributed by atoms with Gasteiger partial charge in [-0.25, -0.2) is 4.68 Å². The summed E-state index contributed by atoms with van der Waals surface area (Å²) in [7, 11) is 1.99. The molecule has 3 fully saturated rings. The molecule has 0 amide bonds. The molecule has 1 aromatic carbocycles. The summed E-state index contributed by atoms with van der Waals surface area (Å²) >= 11 is 0. The van der Waals surface area contributed by atoms with Crippen molar-refractivity contribution in [1.29, 1.82) is 0 Å². The average molecular weight is 433 g/mol. The first-order valence-corrected chi connectivity index (χ1v) is 12.0. The third-order valence-corrected chi connectivity index (χ3v) is 7.49. The van der Waals surface area contributed by atoms with Crippen LogP contribution in [0.3, 0.4) is 0 Å². The van der Waals surface area contributed by atoms with Crippen LogP contribution in [0.4, 0.5) is 0 Å². The van der Waals surface area contributed by atoms with Gasteiger partial charge in [0.15, 0.2) is 0 Å². The lowest BCUT2D eigenvalue weighted by atomic mass is 9.77. The maximum atomic E-state index is 6.53. The van der Waals surface area contributed by atoms with E-state index in [9.17, 15) is 0 Å². The van der Waals surface area contributed by atoms with Crippen molar-refractivity contribution in [3.05, 3.63) is 54.5 Å². The van der Waals surface area contributed by atoms with Crippen LogP contribution in [0, 0.1) is 17.8 Å². The van der Waals surface area contributed by atoms with Crippen molar-refractivity contribution in [2.24, 2.45) is 24.8 Å². The molecule has 32 heavy (non-hydrogen) atoms. The highest BCUT2D eigenvalue weighted by Gasteiger charge is 2.44. The summed E-state index contributed by atoms with van der Waals surface area (Å²) in [5.74, 6) is 2.15. The zero-order valence-electron chi connectivity index (χ0n) is 18.8. The summed E-state index contributed by atoms with van der Waals surface area (Å²) in [5, 5.41) is 13.4. The molecule has 2 aromatic heterocycles. The molecule has 0 radical (unpaired) electrons. The summed E-state index contributed by atoms with van der Waals surface area (Å²) in [6.07, 6.45) is 11.3. The van der Waals surface area contributed by atoms with Crippen molar-refractivity contribution in [2.75, 3.05) is 19.7 Å². The molecule has 6 rings (SSSR count). The third-order valence-electron chi connectivity index (χ3n) is 7.49. The van der Waals surface area contributed by atoms with E-state index < -0.39 is 0 Å². The fourth-order valence-corrected chi connectivity index (χ4v) is 5.61. The molecule has 168 valence electrons. The van der Waals surface area contributed by atoms with E-state index in [0.717, 1.165) is 56.3 Å². The Hall–Kier alpha value is -2.51. The van der Waals surface area contributed by atoms with E-state index in [4.69, 9.17) is 4.74 Å². The van der Waals surface area contributed by atoms with Crippen molar-refractivity contribution < 1.29 is 4.74 Å². The number of aromatic nitrogens is 5. The zero-order valence-corrected chi connectivity index (χ0v) is 18.8. The molecule has 0 bridgehead atoms. The van der Waals surface area contributed by atoms with E-state index in [0.29, 0.717) is 11.8 Å². The van der Waals surface area contributed by atoms with E-state index in [2.05, 4.69) is 61.7 Å². The molecule has 2 aliphatic carbocycles. The summed E-state index contributed by atoms with van der Waals surface area (Å²) in [6, 6.07) is 10.6. The Kier molecular flexibility index (Phi) is 5.31. The lowest BCUT2D eigenvalue weighted by molar-refractivity contribution is -0.0375. The fourth-order valence-electron chi connectivity index (χ4n) is 5.61. The van der Waals surface area contributed by atoms with Crippen LogP contribution >= 0.6 is 0 Å². The van der Waals surface area contributed by atoms with Crippen LogP contribution < -0.4 is 0 Å². The van der Waals surface area contributed by atoms with E-state index >= 15 is 0 Å². The molecule has 7 nitrogen and oxygen atoms in total. The Labute approximate surface area is 189 Å². The molecule has 1 saturated heterocycles. The van der Waals surface area contributed by atoms with Crippen molar-refractivity contribution in [2.45, 2.75) is 44.4 Å². The molecule has 3 aromatic rings. The number of nitrogens with zero attached hydrogens (tertiary/aromatic N) is 6. The smallest absolute Gasteiger partial charge is 0.113 e. The topological polar surface area (TPSA) is 61.0 Å². The SMILES string of the molecule is Cn1cc(CN2C[C@H]3C[C@@H](n4cc(-c5ccccc5)nn4)[C@H](OCC4CC4)C[C@H]3C2)cn1. The molecule has 4 atom stereocenters. The Morgan fingerprint density at radius 1 is 1.03 bits per heavy atom. The first kappa shape index (κ1) is 20.1. The van der Waals surface area contributed by atoms with E-state index in [-0.39, 0.29) is 12.1 Å². The highest BCUT2D eigenvalue weighted by molar-refractivity contribution is 5.57. The van der Waals surface area contributed by atoms with Crippen LogP contribution in [0.25, 0.3) is 11.3 Å². The maximum absolute atomic E-state index is 6.53. The Morgan fingerprint density at radius 2 is 1.84 bits per heavy atom. The third kappa shape index (κ3) is 4.24. The highest BCUT2D eigenvalue weighted by atomic mass is 16.5. The Bertz CT molecular complexity index is 1040. The van der Waals surface area contributed by atoms with Crippen molar-refractivity contribution in [3.8, 4) is 11.3 Å². The van der Waals surface area contributed by atoms with Gasteiger partial charge in [-0.3, -0.25) is 9.58 Å². The molecule has 0 N–H and O–H groups in total. The van der Waals surface area contributed by atoms with Gasteiger partial charge in [-0.15, -0.1) is 5.10 Å². The first-order valence-electron chi connectivity index (χ1n) is 12.0. The summed E-state index contributed by atoms with van der Waals surface area (Å²) in [6.45, 7) is 4.19. The molecular weight excluding hydrogens is 400 g/mol. The Balaban J connectivity index is 1.19. The standard InChI is InChI=1S/C25H32N6O/c1-29-12-19(11-26-29)13-30-14-21-9-24(25(10-22(21)15-30)32-17-18-7-8-18)31-16-23(27-28-31)20-5-3-2-4-6-20/h2-6,11-12,16,18,21-22,24-25H,7-10,13-15,17H2,1H3/t21-,22+,24-,25-/m1/s1. The number of aryl methyl sites for hydroxylation is 1. The zero-order chi connectivity index (χ0) is 21.5. The van der Waals surface area contributed by atoms with Crippen molar-refractivity contribution in [3.63, 3.8) is 0 Å². The Morgan fingerprint density at radius 3 is 2.59 bits per heavy atom. The normalized spacial score (nSPS) is 28.2. The van der Waals surface area contributed by atoms with Crippen LogP contribution in [0.5, 0.6) is 0 Å². The molecular formula is C25H32N6O. The summed E-state index contributed by atoms with van der Waals surface area (Å²) in [5.41, 5.74) is 3.36. The minimum absolute atomic E-state index is 0.223. The molecule has 2 saturated carbocycles. The second-order valence-electron chi connectivity index (χ2n) is 10.0. The molecule has 7 heteroatoms. The quantitative estimate of drug-likeness (QED) is 0.571. The number of likely N-dealkylation sites (tertiary alicyclic amines) is 1. The van der Waals surface area contributed by atoms with Gasteiger partial charge in [0.05, 0.1) is 24.5 Å². The van der Waals surface area contributed by atoms with E-state index in [1.54, 1.807) is 0 Å². The van der Waals surface area contributed by atoms with Gasteiger partial charge in [-0.1, -0.05) is 35.5 Å². The van der Waals surface area contributed by atoms with Gasteiger partial charge in [-0.2, -0.15) is 5.10 Å². The van der Waals surface area contributed by atoms with Crippen molar-refractivity contribution >= 4 is 0 Å². The van der Waals surface area contributed by atoms with Gasteiger partial charge < -0.3 is 4.74 Å². The number of benzene rings is 1. The lowest BCUT2D eigenvalue weighted by Crippen LogP contribution is -2.38. The van der Waals surface area contributed by atoms with Crippen LogP contribution in [-0.2, 0) is 18.3 Å². The van der Waals surface area contributed by atoms with Gasteiger partial charge in [0.1, 0.15) is 5.69 Å². The first-order chi connectivity index (χ1) is 15.7. The van der Waals surface area contributed by atoms with Gasteiger partial charge in [0.25, 0.3) is 0 Å². The lowest BCUT2D eigenvalue weighted by Gasteiger charge is -2.37. The second-order valence-corrected chi connectivity index (χ2v) is 10.0. The van der Waals surface area contributed by atoms with Crippen LogP contribution in [-0.4, -0.2) is 55.5 Å². The largest absolute Gasteiger partial charge is 0.376 e. The van der Waals surface area contributed by atoms with Gasteiger partial charge in [-0.05, 0) is 43.4 Å². The summed E-state index contributed by atoms with van der Waals surface area (Å²) in [4.78, 5) is 2.60. The van der Waals surface area contributed by atoms with Gasteiger partial charge in [0.2, 0.25) is 0 Å². The van der Waals surface area contributed by atoms with Crippen LogP contribution in [0.2, 0.25) is 0 Å². The van der Waals surface area contributed by atoms with Crippen LogP contribution in [0.15, 0.2) is 48.9 Å². The number of ether oxygens (including phenoxy) is 1. The molecule has 3 aliphatic rings. The number of hydrogen-bond donors (Lipinski definition) is 0. The predicted molar refractivity (Wildman–Crippen MR) is 122 cm³/mol. The maximum Gasteiger partial charge on any atom is 0.113 e. The van der Waals surface area contributed by atoms with Crippen molar-refractivity contribution in [1.82, 2.24) is 29.7 Å². The van der Waals surface area contributed by atoms with E-state index in [1.807, 2.05) is 24.0 Å². The van der Waals surface area contributed by atoms with E-state index in [1.165, 1.54) is 18.4 Å². The van der Waals surface area contributed by atoms with Gasteiger partial charge >= 0.3 is 0 Å². The highest BCUT2D eigenvalue weighted by Crippen LogP contribution is 2.43. The minimum Gasteiger partial charge on any atom is -0.376 e. The monoisotopic (exact) mass is 432 g/mol. The molecule has 0 spiro atoms. The number of hydrogen-bond acceptors (Lipinski definition) is 5.